The van der Waals surface area contributed by atoms with Crippen LogP contribution in [0, 0.1) is 0 Å². The monoisotopic (exact) mass is 329 g/mol. The SMILES string of the molecule is CC(C)Oc1ccccc1C(C)NC(=O)c1nc2n(n1)CCCN2. The lowest BCUT2D eigenvalue weighted by Crippen LogP contribution is -2.28. The molecule has 1 aromatic carbocycles. The molecule has 0 saturated carbocycles. The van der Waals surface area contributed by atoms with Crippen LogP contribution in [0.15, 0.2) is 24.3 Å². The normalized spacial score (nSPS) is 14.7. The zero-order valence-corrected chi connectivity index (χ0v) is 14.2. The number of aryl methyl sites for hydroxylation is 1. The number of rotatable bonds is 5. The first-order valence-electron chi connectivity index (χ1n) is 8.29. The van der Waals surface area contributed by atoms with Gasteiger partial charge < -0.3 is 15.4 Å². The number of hydrogen-bond acceptors (Lipinski definition) is 5. The van der Waals surface area contributed by atoms with Crippen molar-refractivity contribution in [3.63, 3.8) is 0 Å². The van der Waals surface area contributed by atoms with Crippen molar-refractivity contribution in [3.05, 3.63) is 35.7 Å². The Bertz CT molecular complexity index is 702. The predicted molar refractivity (Wildman–Crippen MR) is 91.2 cm³/mol. The first-order chi connectivity index (χ1) is 11.5. The third-order valence-corrected chi connectivity index (χ3v) is 3.80. The van der Waals surface area contributed by atoms with Gasteiger partial charge in [-0.1, -0.05) is 18.2 Å². The van der Waals surface area contributed by atoms with Gasteiger partial charge in [0.1, 0.15) is 5.75 Å². The van der Waals surface area contributed by atoms with Crippen LogP contribution in [-0.2, 0) is 6.54 Å². The van der Waals surface area contributed by atoms with Crippen molar-refractivity contribution in [1.29, 1.82) is 0 Å². The number of nitrogens with zero attached hydrogens (tertiary/aromatic N) is 3. The summed E-state index contributed by atoms with van der Waals surface area (Å²) in [5.41, 5.74) is 0.932. The number of fused-ring (bicyclic) bond motifs is 1. The van der Waals surface area contributed by atoms with Crippen molar-refractivity contribution < 1.29 is 9.53 Å². The molecule has 1 unspecified atom stereocenters. The molecule has 128 valence electrons. The molecule has 1 atom stereocenters. The number of benzene rings is 1. The Hall–Kier alpha value is -2.57. The number of hydrogen-bond donors (Lipinski definition) is 2. The summed E-state index contributed by atoms with van der Waals surface area (Å²) in [5, 5.41) is 10.4. The summed E-state index contributed by atoms with van der Waals surface area (Å²) in [5.74, 6) is 1.33. The molecule has 0 radical (unpaired) electrons. The summed E-state index contributed by atoms with van der Waals surface area (Å²) >= 11 is 0. The Balaban J connectivity index is 1.73. The molecule has 2 heterocycles. The van der Waals surface area contributed by atoms with Crippen LogP contribution in [0.2, 0.25) is 0 Å². The van der Waals surface area contributed by atoms with E-state index in [1.54, 1.807) is 4.68 Å². The highest BCUT2D eigenvalue weighted by atomic mass is 16.5. The second-order valence-corrected chi connectivity index (χ2v) is 6.16. The lowest BCUT2D eigenvalue weighted by Gasteiger charge is -2.19. The molecule has 7 nitrogen and oxygen atoms in total. The maximum atomic E-state index is 12.5. The van der Waals surface area contributed by atoms with Crippen LogP contribution in [-0.4, -0.2) is 33.3 Å². The van der Waals surface area contributed by atoms with Crippen molar-refractivity contribution in [3.8, 4) is 5.75 Å². The standard InChI is InChI=1S/C17H23N5O2/c1-11(2)24-14-8-5-4-7-13(14)12(3)19-16(23)15-20-17-18-9-6-10-22(17)21-15/h4-5,7-8,11-12H,6,9-10H2,1-3H3,(H,19,23)(H,18,20,21). The predicted octanol–water partition coefficient (Wildman–Crippen LogP) is 2.37. The Morgan fingerprint density at radius 3 is 2.88 bits per heavy atom. The fraction of sp³-hybridized carbons (Fsp3) is 0.471. The van der Waals surface area contributed by atoms with E-state index in [2.05, 4.69) is 20.7 Å². The first-order valence-corrected chi connectivity index (χ1v) is 8.29. The highest BCUT2D eigenvalue weighted by Crippen LogP contribution is 2.26. The second-order valence-electron chi connectivity index (χ2n) is 6.16. The number of carbonyl (C=O) groups is 1. The van der Waals surface area contributed by atoms with Crippen molar-refractivity contribution in [2.45, 2.75) is 45.9 Å². The van der Waals surface area contributed by atoms with Gasteiger partial charge in [0, 0.05) is 18.7 Å². The minimum atomic E-state index is -0.287. The lowest BCUT2D eigenvalue weighted by atomic mass is 10.1. The number of anilines is 1. The summed E-state index contributed by atoms with van der Waals surface area (Å²) in [4.78, 5) is 16.7. The van der Waals surface area contributed by atoms with E-state index in [0.717, 1.165) is 30.8 Å². The Morgan fingerprint density at radius 2 is 2.12 bits per heavy atom. The summed E-state index contributed by atoms with van der Waals surface area (Å²) < 4.78 is 7.56. The smallest absolute Gasteiger partial charge is 0.291 e. The molecule has 0 spiro atoms. The molecular weight excluding hydrogens is 306 g/mol. The minimum absolute atomic E-state index is 0.0710. The van der Waals surface area contributed by atoms with E-state index in [-0.39, 0.29) is 23.9 Å². The average Bonchev–Trinajstić information content (AvgIpc) is 2.99. The van der Waals surface area contributed by atoms with E-state index in [9.17, 15) is 4.79 Å². The summed E-state index contributed by atoms with van der Waals surface area (Å²) in [7, 11) is 0. The van der Waals surface area contributed by atoms with Gasteiger partial charge in [-0.15, -0.1) is 5.10 Å². The molecule has 2 N–H and O–H groups in total. The van der Waals surface area contributed by atoms with Gasteiger partial charge in [-0.05, 0) is 33.3 Å². The molecule has 7 heteroatoms. The van der Waals surface area contributed by atoms with Crippen LogP contribution in [0.3, 0.4) is 0 Å². The highest BCUT2D eigenvalue weighted by Gasteiger charge is 2.21. The Kier molecular flexibility index (Phi) is 4.69. The van der Waals surface area contributed by atoms with Gasteiger partial charge in [0.15, 0.2) is 0 Å². The minimum Gasteiger partial charge on any atom is -0.491 e. The van der Waals surface area contributed by atoms with Crippen LogP contribution < -0.4 is 15.4 Å². The van der Waals surface area contributed by atoms with Gasteiger partial charge in [-0.25, -0.2) is 4.68 Å². The van der Waals surface area contributed by atoms with Crippen molar-refractivity contribution in [2.75, 3.05) is 11.9 Å². The molecule has 0 aliphatic carbocycles. The highest BCUT2D eigenvalue weighted by molar-refractivity contribution is 5.91. The summed E-state index contributed by atoms with van der Waals surface area (Å²) in [6.07, 6.45) is 1.05. The summed E-state index contributed by atoms with van der Waals surface area (Å²) in [6, 6.07) is 7.52. The molecule has 2 aromatic rings. The number of nitrogens with one attached hydrogen (secondary N) is 2. The van der Waals surface area contributed by atoms with Gasteiger partial charge in [0.25, 0.3) is 5.91 Å². The first kappa shape index (κ1) is 16.3. The number of ether oxygens (including phenoxy) is 1. The van der Waals surface area contributed by atoms with Gasteiger partial charge in [0.2, 0.25) is 11.8 Å². The molecule has 0 saturated heterocycles. The number of para-hydroxylation sites is 1. The fourth-order valence-electron chi connectivity index (χ4n) is 2.69. The lowest BCUT2D eigenvalue weighted by molar-refractivity contribution is 0.0928. The van der Waals surface area contributed by atoms with Crippen LogP contribution in [0.1, 0.15) is 49.4 Å². The molecular formula is C17H23N5O2. The van der Waals surface area contributed by atoms with Crippen LogP contribution in [0.5, 0.6) is 5.75 Å². The second kappa shape index (κ2) is 6.90. The van der Waals surface area contributed by atoms with Gasteiger partial charge >= 0.3 is 0 Å². The molecule has 1 aliphatic rings. The van der Waals surface area contributed by atoms with Crippen molar-refractivity contribution in [2.24, 2.45) is 0 Å². The van der Waals surface area contributed by atoms with Crippen molar-refractivity contribution >= 4 is 11.9 Å². The average molecular weight is 329 g/mol. The molecule has 1 aliphatic heterocycles. The number of amides is 1. The van der Waals surface area contributed by atoms with Crippen LogP contribution in [0.25, 0.3) is 0 Å². The van der Waals surface area contributed by atoms with E-state index < -0.39 is 0 Å². The van der Waals surface area contributed by atoms with Crippen LogP contribution in [0.4, 0.5) is 5.95 Å². The third-order valence-electron chi connectivity index (χ3n) is 3.80. The molecule has 24 heavy (non-hydrogen) atoms. The maximum absolute atomic E-state index is 12.5. The number of carbonyl (C=O) groups excluding carboxylic acids is 1. The third kappa shape index (κ3) is 3.50. The van der Waals surface area contributed by atoms with Gasteiger partial charge in [-0.2, -0.15) is 4.98 Å². The summed E-state index contributed by atoms with van der Waals surface area (Å²) in [6.45, 7) is 7.52. The Morgan fingerprint density at radius 1 is 1.33 bits per heavy atom. The van der Waals surface area contributed by atoms with E-state index in [0.29, 0.717) is 5.95 Å². The fourth-order valence-corrected chi connectivity index (χ4v) is 2.69. The maximum Gasteiger partial charge on any atom is 0.291 e. The van der Waals surface area contributed by atoms with Gasteiger partial charge in [0.05, 0.1) is 12.1 Å². The van der Waals surface area contributed by atoms with E-state index in [4.69, 9.17) is 4.74 Å². The van der Waals surface area contributed by atoms with E-state index >= 15 is 0 Å². The van der Waals surface area contributed by atoms with E-state index in [1.165, 1.54) is 0 Å². The zero-order valence-electron chi connectivity index (χ0n) is 14.2. The molecule has 0 fully saturated rings. The quantitative estimate of drug-likeness (QED) is 0.880. The van der Waals surface area contributed by atoms with E-state index in [1.807, 2.05) is 45.0 Å². The molecule has 1 amide bonds. The molecule has 1 aromatic heterocycles. The topological polar surface area (TPSA) is 81.1 Å². The number of aromatic nitrogens is 3. The van der Waals surface area contributed by atoms with Crippen LogP contribution >= 0.6 is 0 Å². The molecule has 3 rings (SSSR count). The Labute approximate surface area is 141 Å². The van der Waals surface area contributed by atoms with Crippen molar-refractivity contribution in [1.82, 2.24) is 20.1 Å². The van der Waals surface area contributed by atoms with Gasteiger partial charge in [-0.3, -0.25) is 4.79 Å². The molecule has 0 bridgehead atoms. The largest absolute Gasteiger partial charge is 0.491 e. The zero-order chi connectivity index (χ0) is 17.1.